The van der Waals surface area contributed by atoms with E-state index in [0.29, 0.717) is 21.8 Å². The highest BCUT2D eigenvalue weighted by atomic mass is 35.5. The van der Waals surface area contributed by atoms with Crippen molar-refractivity contribution in [2.24, 2.45) is 0 Å². The quantitative estimate of drug-likeness (QED) is 0.734. The van der Waals surface area contributed by atoms with Crippen molar-refractivity contribution in [3.05, 3.63) is 83.0 Å². The van der Waals surface area contributed by atoms with Crippen LogP contribution in [0.1, 0.15) is 15.9 Å². The van der Waals surface area contributed by atoms with Crippen LogP contribution in [-0.4, -0.2) is 17.9 Å². The first-order chi connectivity index (χ1) is 12.6. The summed E-state index contributed by atoms with van der Waals surface area (Å²) in [7, 11) is 1.91. The number of pyridine rings is 1. The van der Waals surface area contributed by atoms with Crippen LogP contribution in [0.5, 0.6) is 0 Å². The highest BCUT2D eigenvalue weighted by Crippen LogP contribution is 2.22. The molecule has 2 aromatic carbocycles. The Balaban J connectivity index is 1.73. The Morgan fingerprint density at radius 2 is 1.92 bits per heavy atom. The molecule has 0 aliphatic heterocycles. The number of carbonyl (C=O) groups is 1. The molecule has 3 aromatic rings. The van der Waals surface area contributed by atoms with Crippen LogP contribution in [0, 0.1) is 11.3 Å². The highest BCUT2D eigenvalue weighted by Gasteiger charge is 2.10. The molecule has 128 valence electrons. The van der Waals surface area contributed by atoms with Crippen LogP contribution in [0.15, 0.2) is 66.9 Å². The van der Waals surface area contributed by atoms with Gasteiger partial charge in [0.05, 0.1) is 16.1 Å². The average molecular weight is 363 g/mol. The van der Waals surface area contributed by atoms with Crippen molar-refractivity contribution in [1.29, 1.82) is 5.26 Å². The van der Waals surface area contributed by atoms with Crippen LogP contribution in [0.4, 0.5) is 17.2 Å². The maximum atomic E-state index is 12.4. The molecule has 0 saturated heterocycles. The third-order valence-electron chi connectivity index (χ3n) is 3.84. The second-order valence-electron chi connectivity index (χ2n) is 5.56. The number of para-hydroxylation sites is 1. The maximum absolute atomic E-state index is 12.4. The second kappa shape index (κ2) is 7.68. The third kappa shape index (κ3) is 3.82. The number of hydrogen-bond donors (Lipinski definition) is 1. The number of nitrogens with one attached hydrogen (secondary N) is 1. The summed E-state index contributed by atoms with van der Waals surface area (Å²) in [4.78, 5) is 18.6. The Morgan fingerprint density at radius 1 is 1.15 bits per heavy atom. The van der Waals surface area contributed by atoms with Crippen molar-refractivity contribution in [3.8, 4) is 6.07 Å². The molecule has 1 aromatic heterocycles. The molecule has 0 unspecified atom stereocenters. The number of aromatic nitrogens is 1. The fourth-order valence-corrected chi connectivity index (χ4v) is 2.61. The van der Waals surface area contributed by atoms with Gasteiger partial charge in [-0.1, -0.05) is 29.8 Å². The molecule has 0 aliphatic rings. The SMILES string of the molecule is CN(c1ccccc1)c1ccc(C(=O)Nc2ccc(C#N)c(Cl)c2)cn1. The van der Waals surface area contributed by atoms with Crippen molar-refractivity contribution < 1.29 is 4.79 Å². The summed E-state index contributed by atoms with van der Waals surface area (Å²) in [5.74, 6) is 0.432. The molecular weight excluding hydrogens is 348 g/mol. The standard InChI is InChI=1S/C20H15ClN4O/c1-25(17-5-3-2-4-6-17)19-10-8-15(13-23-19)20(26)24-16-9-7-14(12-22)18(21)11-16/h2-11,13H,1H3,(H,24,26). The Hall–Kier alpha value is -3.36. The van der Waals surface area contributed by atoms with Gasteiger partial charge in [-0.2, -0.15) is 5.26 Å². The number of anilines is 3. The van der Waals surface area contributed by atoms with Crippen molar-refractivity contribution in [1.82, 2.24) is 4.98 Å². The number of nitriles is 1. The lowest BCUT2D eigenvalue weighted by Gasteiger charge is -2.18. The predicted octanol–water partition coefficient (Wildman–Crippen LogP) is 4.63. The molecule has 0 atom stereocenters. The Labute approximate surface area is 156 Å². The summed E-state index contributed by atoms with van der Waals surface area (Å²) in [5, 5.41) is 11.9. The van der Waals surface area contributed by atoms with Crippen LogP contribution in [-0.2, 0) is 0 Å². The van der Waals surface area contributed by atoms with E-state index in [2.05, 4.69) is 10.3 Å². The fourth-order valence-electron chi connectivity index (χ4n) is 2.39. The summed E-state index contributed by atoms with van der Waals surface area (Å²) in [5.41, 5.74) is 2.31. The predicted molar refractivity (Wildman–Crippen MR) is 103 cm³/mol. The van der Waals surface area contributed by atoms with Gasteiger partial charge >= 0.3 is 0 Å². The zero-order valence-electron chi connectivity index (χ0n) is 14.0. The van der Waals surface area contributed by atoms with Crippen LogP contribution >= 0.6 is 11.6 Å². The molecule has 0 aliphatic carbocycles. The van der Waals surface area contributed by atoms with Gasteiger partial charge in [-0.3, -0.25) is 4.79 Å². The minimum atomic E-state index is -0.299. The van der Waals surface area contributed by atoms with Gasteiger partial charge in [-0.25, -0.2) is 4.98 Å². The van der Waals surface area contributed by atoms with Crippen molar-refractivity contribution in [2.45, 2.75) is 0 Å². The van der Waals surface area contributed by atoms with Crippen molar-refractivity contribution in [2.75, 3.05) is 17.3 Å². The number of amides is 1. The summed E-state index contributed by atoms with van der Waals surface area (Å²) in [6.07, 6.45) is 1.52. The lowest BCUT2D eigenvalue weighted by atomic mass is 10.2. The van der Waals surface area contributed by atoms with Crippen molar-refractivity contribution >= 4 is 34.7 Å². The molecule has 0 fully saturated rings. The normalized spacial score (nSPS) is 10.0. The molecule has 6 heteroatoms. The molecule has 0 radical (unpaired) electrons. The summed E-state index contributed by atoms with van der Waals surface area (Å²) in [6.45, 7) is 0. The molecule has 1 N–H and O–H groups in total. The zero-order valence-corrected chi connectivity index (χ0v) is 14.7. The summed E-state index contributed by atoms with van der Waals surface area (Å²) in [6, 6.07) is 20.0. The molecule has 1 amide bonds. The largest absolute Gasteiger partial charge is 0.329 e. The Morgan fingerprint density at radius 3 is 2.54 bits per heavy atom. The Kier molecular flexibility index (Phi) is 5.16. The van der Waals surface area contributed by atoms with E-state index in [0.717, 1.165) is 11.5 Å². The van der Waals surface area contributed by atoms with E-state index in [9.17, 15) is 4.79 Å². The molecule has 0 saturated carbocycles. The lowest BCUT2D eigenvalue weighted by Crippen LogP contribution is -2.14. The highest BCUT2D eigenvalue weighted by molar-refractivity contribution is 6.32. The molecular formula is C20H15ClN4O. The molecule has 1 heterocycles. The zero-order chi connectivity index (χ0) is 18.5. The molecule has 0 spiro atoms. The molecule has 5 nitrogen and oxygen atoms in total. The van der Waals surface area contributed by atoms with Gasteiger partial charge in [0.25, 0.3) is 5.91 Å². The van der Waals surface area contributed by atoms with Gasteiger partial charge in [0.2, 0.25) is 0 Å². The number of halogens is 1. The minimum absolute atomic E-state index is 0.295. The number of nitrogens with zero attached hydrogens (tertiary/aromatic N) is 3. The number of hydrogen-bond acceptors (Lipinski definition) is 4. The van der Waals surface area contributed by atoms with Crippen LogP contribution < -0.4 is 10.2 Å². The molecule has 0 bridgehead atoms. The van der Waals surface area contributed by atoms with Gasteiger partial charge in [0.1, 0.15) is 11.9 Å². The molecule has 26 heavy (non-hydrogen) atoms. The monoisotopic (exact) mass is 362 g/mol. The number of benzene rings is 2. The Bertz CT molecular complexity index is 965. The fraction of sp³-hybridized carbons (Fsp3) is 0.0500. The minimum Gasteiger partial charge on any atom is -0.329 e. The summed E-state index contributed by atoms with van der Waals surface area (Å²) < 4.78 is 0. The van der Waals surface area contributed by atoms with Gasteiger partial charge < -0.3 is 10.2 Å². The summed E-state index contributed by atoms with van der Waals surface area (Å²) >= 11 is 5.98. The van der Waals surface area contributed by atoms with E-state index in [1.807, 2.05) is 48.3 Å². The first-order valence-electron chi connectivity index (χ1n) is 7.84. The first kappa shape index (κ1) is 17.5. The van der Waals surface area contributed by atoms with E-state index in [1.54, 1.807) is 30.3 Å². The van der Waals surface area contributed by atoms with E-state index >= 15 is 0 Å². The van der Waals surface area contributed by atoms with E-state index in [4.69, 9.17) is 16.9 Å². The number of carbonyl (C=O) groups excluding carboxylic acids is 1. The van der Waals surface area contributed by atoms with E-state index in [1.165, 1.54) is 6.20 Å². The lowest BCUT2D eigenvalue weighted by molar-refractivity contribution is 0.102. The maximum Gasteiger partial charge on any atom is 0.257 e. The van der Waals surface area contributed by atoms with E-state index in [-0.39, 0.29) is 5.91 Å². The molecule has 3 rings (SSSR count). The first-order valence-corrected chi connectivity index (χ1v) is 8.22. The van der Waals surface area contributed by atoms with Crippen LogP contribution in [0.25, 0.3) is 0 Å². The second-order valence-corrected chi connectivity index (χ2v) is 5.97. The van der Waals surface area contributed by atoms with Crippen molar-refractivity contribution in [3.63, 3.8) is 0 Å². The average Bonchev–Trinajstić information content (AvgIpc) is 2.68. The number of rotatable bonds is 4. The van der Waals surface area contributed by atoms with Gasteiger partial charge in [0, 0.05) is 24.6 Å². The smallest absolute Gasteiger partial charge is 0.257 e. The third-order valence-corrected chi connectivity index (χ3v) is 4.16. The van der Waals surface area contributed by atoms with Gasteiger partial charge in [-0.05, 0) is 42.5 Å². The topological polar surface area (TPSA) is 69.0 Å². The van der Waals surface area contributed by atoms with E-state index < -0.39 is 0 Å². The van der Waals surface area contributed by atoms with Crippen LogP contribution in [0.3, 0.4) is 0 Å². The van der Waals surface area contributed by atoms with Gasteiger partial charge in [0.15, 0.2) is 0 Å². The van der Waals surface area contributed by atoms with Gasteiger partial charge in [-0.15, -0.1) is 0 Å². The van der Waals surface area contributed by atoms with Crippen LogP contribution in [0.2, 0.25) is 5.02 Å².